The third-order valence-corrected chi connectivity index (χ3v) is 7.01. The molecule has 37 heavy (non-hydrogen) atoms. The molecule has 0 bridgehead atoms. The zero-order valence-corrected chi connectivity index (χ0v) is 21.2. The highest BCUT2D eigenvalue weighted by Crippen LogP contribution is 2.49. The lowest BCUT2D eigenvalue weighted by Crippen LogP contribution is -2.18. The minimum Gasteiger partial charge on any atom is -0.456 e. The zero-order valence-electron chi connectivity index (χ0n) is 20.5. The van der Waals surface area contributed by atoms with Gasteiger partial charge in [0, 0.05) is 23.2 Å². The topological polar surface area (TPSA) is 82.4 Å². The van der Waals surface area contributed by atoms with Crippen molar-refractivity contribution in [1.29, 1.82) is 0 Å². The molecule has 0 saturated heterocycles. The number of aromatic nitrogens is 2. The number of halogens is 1. The molecule has 4 aromatic rings. The average molecular weight is 516 g/mol. The summed E-state index contributed by atoms with van der Waals surface area (Å²) in [5, 5.41) is 3.36. The highest BCUT2D eigenvalue weighted by molar-refractivity contribution is 6.31. The lowest BCUT2D eigenvalue weighted by Gasteiger charge is -2.16. The van der Waals surface area contributed by atoms with Crippen molar-refractivity contribution in [3.8, 4) is 22.4 Å². The Morgan fingerprint density at radius 3 is 2.27 bits per heavy atom. The van der Waals surface area contributed by atoms with E-state index in [1.54, 1.807) is 30.9 Å². The summed E-state index contributed by atoms with van der Waals surface area (Å²) < 4.78 is 12.6. The number of hydrogen-bond acceptors (Lipinski definition) is 5. The van der Waals surface area contributed by atoms with Gasteiger partial charge in [0.05, 0.1) is 6.33 Å². The minimum absolute atomic E-state index is 0.446. The second-order valence-electron chi connectivity index (χ2n) is 9.11. The van der Waals surface area contributed by atoms with Crippen molar-refractivity contribution >= 4 is 30.0 Å². The molecule has 1 aliphatic rings. The highest BCUT2D eigenvalue weighted by Gasteiger charge is 2.46. The van der Waals surface area contributed by atoms with Gasteiger partial charge in [0.1, 0.15) is 23.2 Å². The lowest BCUT2D eigenvalue weighted by atomic mass is 9.99. The Morgan fingerprint density at radius 2 is 1.65 bits per heavy atom. The number of nitrogens with one attached hydrogen (secondary N) is 1. The fourth-order valence-corrected chi connectivity index (χ4v) is 4.70. The first-order chi connectivity index (χ1) is 17.9. The zero-order chi connectivity index (χ0) is 26.0. The van der Waals surface area contributed by atoms with Crippen molar-refractivity contribution in [3.05, 3.63) is 95.3 Å². The third-order valence-electron chi connectivity index (χ3n) is 6.67. The van der Waals surface area contributed by atoms with Crippen LogP contribution in [0.4, 0.5) is 10.6 Å². The molecule has 0 spiro atoms. The fraction of sp³-hybridized carbons (Fsp3) is 0.207. The second kappa shape index (κ2) is 10.1. The third kappa shape index (κ3) is 5.08. The van der Waals surface area contributed by atoms with Gasteiger partial charge in [-0.2, -0.15) is 0 Å². The Kier molecular flexibility index (Phi) is 6.72. The Hall–Kier alpha value is -4.10. The van der Waals surface area contributed by atoms with Crippen LogP contribution in [0.1, 0.15) is 37.0 Å². The Morgan fingerprint density at radius 1 is 1.03 bits per heavy atom. The van der Waals surface area contributed by atoms with E-state index in [2.05, 4.69) is 10.3 Å². The van der Waals surface area contributed by atoms with E-state index < -0.39 is 17.8 Å². The summed E-state index contributed by atoms with van der Waals surface area (Å²) in [6.45, 7) is 2.30. The molecule has 1 aromatic heterocycles. The number of rotatable bonds is 8. The molecule has 1 atom stereocenters. The maximum absolute atomic E-state index is 12.7. The molecule has 1 amide bonds. The summed E-state index contributed by atoms with van der Waals surface area (Å²) in [6, 6.07) is 23.3. The van der Waals surface area contributed by atoms with Crippen molar-refractivity contribution in [2.45, 2.75) is 31.5 Å². The van der Waals surface area contributed by atoms with Crippen LogP contribution in [0.15, 0.2) is 79.1 Å². The molecular weight excluding hydrogens is 490 g/mol. The quantitative estimate of drug-likeness (QED) is 0.259. The van der Waals surface area contributed by atoms with Crippen LogP contribution in [-0.2, 0) is 26.9 Å². The van der Waals surface area contributed by atoms with Gasteiger partial charge in [-0.25, -0.2) is 9.78 Å². The largest absolute Gasteiger partial charge is 0.456 e. The average Bonchev–Trinajstić information content (AvgIpc) is 3.61. The fourth-order valence-electron chi connectivity index (χ4n) is 4.41. The predicted molar refractivity (Wildman–Crippen MR) is 142 cm³/mol. The molecule has 0 radical (unpaired) electrons. The summed E-state index contributed by atoms with van der Waals surface area (Å²) >= 11 is 6.23. The van der Waals surface area contributed by atoms with Gasteiger partial charge in [-0.1, -0.05) is 78.3 Å². The molecule has 188 valence electrons. The summed E-state index contributed by atoms with van der Waals surface area (Å²) in [4.78, 5) is 28.0. The van der Waals surface area contributed by atoms with Gasteiger partial charge in [-0.3, -0.25) is 10.1 Å². The van der Waals surface area contributed by atoms with Crippen molar-refractivity contribution in [3.63, 3.8) is 0 Å². The van der Waals surface area contributed by atoms with Crippen LogP contribution in [0.25, 0.3) is 22.4 Å². The summed E-state index contributed by atoms with van der Waals surface area (Å²) in [7, 11) is 1.81. The van der Waals surface area contributed by atoms with Crippen LogP contribution in [0.5, 0.6) is 0 Å². The van der Waals surface area contributed by atoms with E-state index in [0.29, 0.717) is 23.0 Å². The molecule has 3 aromatic carbocycles. The van der Waals surface area contributed by atoms with E-state index >= 15 is 0 Å². The number of nitrogens with zero attached hydrogens (tertiary/aromatic N) is 2. The van der Waals surface area contributed by atoms with E-state index in [4.69, 9.17) is 21.1 Å². The maximum atomic E-state index is 12.7. The number of anilines is 1. The van der Waals surface area contributed by atoms with Crippen LogP contribution >= 0.6 is 11.6 Å². The van der Waals surface area contributed by atoms with Crippen molar-refractivity contribution in [2.24, 2.45) is 7.05 Å². The molecule has 5 rings (SSSR count). The number of carbonyl (C=O) groups excluding carboxylic acids is 2. The van der Waals surface area contributed by atoms with E-state index in [9.17, 15) is 9.59 Å². The Balaban J connectivity index is 1.30. The monoisotopic (exact) mass is 515 g/mol. The highest BCUT2D eigenvalue weighted by atomic mass is 35.5. The van der Waals surface area contributed by atoms with Gasteiger partial charge in [0.2, 0.25) is 0 Å². The van der Waals surface area contributed by atoms with Gasteiger partial charge in [-0.15, -0.1) is 0 Å². The van der Waals surface area contributed by atoms with Crippen LogP contribution in [0.3, 0.4) is 0 Å². The normalized spacial score (nSPS) is 14.5. The van der Waals surface area contributed by atoms with Crippen molar-refractivity contribution < 1.29 is 19.1 Å². The Labute approximate surface area is 220 Å². The van der Waals surface area contributed by atoms with Gasteiger partial charge in [0.15, 0.2) is 0 Å². The van der Waals surface area contributed by atoms with Crippen LogP contribution in [0.2, 0.25) is 5.02 Å². The molecular formula is C29H26ClN3O4. The van der Waals surface area contributed by atoms with Gasteiger partial charge < -0.3 is 14.0 Å². The van der Waals surface area contributed by atoms with E-state index in [1.165, 1.54) is 0 Å². The van der Waals surface area contributed by atoms with E-state index in [-0.39, 0.29) is 0 Å². The number of carbonyl (C=O) groups is 2. The molecule has 7 nitrogen and oxygen atoms in total. The minimum atomic E-state index is -0.596. The molecule has 1 fully saturated rings. The Bertz CT molecular complexity index is 1430. The van der Waals surface area contributed by atoms with Crippen LogP contribution in [0, 0.1) is 0 Å². The van der Waals surface area contributed by atoms with E-state index in [0.717, 1.165) is 40.7 Å². The number of aryl methyl sites for hydroxylation is 1. The SMILES string of the molecule is C[C@@H](OC(=O)Nc1c(-c2ccc(-c3ccc(C4(OC=O)CC4)cc3)cc2)ncn1C)c1ccccc1Cl. The summed E-state index contributed by atoms with van der Waals surface area (Å²) in [6.07, 6.45) is 2.24. The number of benzene rings is 3. The first-order valence-corrected chi connectivity index (χ1v) is 12.3. The summed E-state index contributed by atoms with van der Waals surface area (Å²) in [5.41, 5.74) is 4.87. The molecule has 1 N–H and O–H groups in total. The van der Waals surface area contributed by atoms with Crippen molar-refractivity contribution in [1.82, 2.24) is 9.55 Å². The molecule has 1 saturated carbocycles. The first-order valence-electron chi connectivity index (χ1n) is 12.0. The van der Waals surface area contributed by atoms with E-state index in [1.807, 2.05) is 66.7 Å². The maximum Gasteiger partial charge on any atom is 0.413 e. The molecule has 1 heterocycles. The first kappa shape index (κ1) is 24.6. The number of hydrogen-bond donors (Lipinski definition) is 1. The molecule has 1 aliphatic carbocycles. The lowest BCUT2D eigenvalue weighted by molar-refractivity contribution is -0.136. The van der Waals surface area contributed by atoms with Crippen molar-refractivity contribution in [2.75, 3.05) is 5.32 Å². The van der Waals surface area contributed by atoms with Crippen LogP contribution < -0.4 is 5.32 Å². The van der Waals surface area contributed by atoms with Gasteiger partial charge in [0.25, 0.3) is 6.47 Å². The molecule has 0 unspecified atom stereocenters. The standard InChI is InChI=1S/C29H26ClN3O4/c1-19(24-5-3-4-6-25(24)30)37-28(35)32-27-26(31-17-33(27)2)22-9-7-20(8-10-22)21-11-13-23(14-12-21)29(15-16-29)36-18-34/h3-14,17-19H,15-16H2,1-2H3,(H,32,35)/t19-/m1/s1. The van der Waals surface area contributed by atoms with Gasteiger partial charge in [-0.05, 0) is 42.5 Å². The molecule has 8 heteroatoms. The number of imidazole rings is 1. The second-order valence-corrected chi connectivity index (χ2v) is 9.52. The summed E-state index contributed by atoms with van der Waals surface area (Å²) in [5.74, 6) is 0.526. The van der Waals surface area contributed by atoms with Gasteiger partial charge >= 0.3 is 6.09 Å². The number of ether oxygens (including phenoxy) is 2. The predicted octanol–water partition coefficient (Wildman–Crippen LogP) is 6.88. The smallest absolute Gasteiger partial charge is 0.413 e. The van der Waals surface area contributed by atoms with Crippen LogP contribution in [-0.4, -0.2) is 22.1 Å². The number of amides is 1. The molecule has 0 aliphatic heterocycles.